The summed E-state index contributed by atoms with van der Waals surface area (Å²) in [6.07, 6.45) is 17.9. The van der Waals surface area contributed by atoms with E-state index in [-0.39, 0.29) is 0 Å². The highest BCUT2D eigenvalue weighted by Gasteiger charge is 2.45. The van der Waals surface area contributed by atoms with Gasteiger partial charge in [0.1, 0.15) is 0 Å². The Bertz CT molecular complexity index is 932. The van der Waals surface area contributed by atoms with Crippen LogP contribution in [0.5, 0.6) is 0 Å². The Kier molecular flexibility index (Phi) is 4.84. The third kappa shape index (κ3) is 3.08. The summed E-state index contributed by atoms with van der Waals surface area (Å²) in [5.41, 5.74) is 9.68. The van der Waals surface area contributed by atoms with Gasteiger partial charge in [-0.15, -0.1) is 0 Å². The van der Waals surface area contributed by atoms with Crippen molar-refractivity contribution >= 4 is 5.57 Å². The molecule has 0 amide bonds. The molecule has 4 saturated carbocycles. The van der Waals surface area contributed by atoms with E-state index >= 15 is 0 Å². The average Bonchev–Trinajstić information content (AvgIpc) is 3.54. The first-order valence-corrected chi connectivity index (χ1v) is 13.8. The summed E-state index contributed by atoms with van der Waals surface area (Å²) in [6, 6.07) is 18.7. The second-order valence-corrected chi connectivity index (χ2v) is 11.9. The van der Waals surface area contributed by atoms with Crippen molar-refractivity contribution in [2.45, 2.75) is 77.0 Å². The second-order valence-electron chi connectivity index (χ2n) is 11.9. The van der Waals surface area contributed by atoms with Gasteiger partial charge in [0.2, 0.25) is 0 Å². The van der Waals surface area contributed by atoms with E-state index in [1.165, 1.54) is 88.2 Å². The Morgan fingerprint density at radius 2 is 0.812 bits per heavy atom. The summed E-state index contributed by atoms with van der Waals surface area (Å²) in [5, 5.41) is 0. The van der Waals surface area contributed by atoms with Crippen molar-refractivity contribution in [3.63, 3.8) is 0 Å². The van der Waals surface area contributed by atoms with Crippen LogP contribution < -0.4 is 0 Å². The lowest BCUT2D eigenvalue weighted by Crippen LogP contribution is -2.13. The minimum absolute atomic E-state index is 0.836. The lowest BCUT2D eigenvalue weighted by Gasteiger charge is -2.26. The number of hydrogen-bond acceptors (Lipinski definition) is 0. The zero-order valence-electron chi connectivity index (χ0n) is 19.6. The van der Waals surface area contributed by atoms with Crippen LogP contribution in [0.2, 0.25) is 0 Å². The molecule has 4 unspecified atom stereocenters. The van der Waals surface area contributed by atoms with Crippen molar-refractivity contribution in [1.82, 2.24) is 0 Å². The highest BCUT2D eigenvalue weighted by Crippen LogP contribution is 2.58. The Hall–Kier alpha value is -1.82. The molecule has 0 radical (unpaired) electrons. The molecule has 5 aliphatic rings. The molecule has 2 aromatic rings. The van der Waals surface area contributed by atoms with Crippen molar-refractivity contribution < 1.29 is 0 Å². The van der Waals surface area contributed by atoms with Gasteiger partial charge in [0.05, 0.1) is 0 Å². The summed E-state index contributed by atoms with van der Waals surface area (Å²) >= 11 is 0. The zero-order chi connectivity index (χ0) is 21.1. The third-order valence-electron chi connectivity index (χ3n) is 10.3. The molecule has 0 saturated heterocycles. The normalized spacial score (nSPS) is 35.2. The fourth-order valence-electron chi connectivity index (χ4n) is 9.04. The number of benzene rings is 2. The molecule has 0 bridgehead atoms. The first-order valence-electron chi connectivity index (χ1n) is 13.8. The van der Waals surface area contributed by atoms with Crippen LogP contribution in [-0.2, 0) is 0 Å². The molecule has 0 nitrogen and oxygen atoms in total. The van der Waals surface area contributed by atoms with E-state index < -0.39 is 0 Å². The largest absolute Gasteiger partial charge is 0.0616 e. The number of rotatable bonds is 2. The van der Waals surface area contributed by atoms with Crippen molar-refractivity contribution in [1.29, 1.82) is 0 Å². The van der Waals surface area contributed by atoms with Gasteiger partial charge in [-0.05, 0) is 89.0 Å². The number of fused-ring (bicyclic) bond motifs is 5. The molecule has 0 heterocycles. The van der Waals surface area contributed by atoms with E-state index in [1.54, 1.807) is 16.7 Å². The van der Waals surface area contributed by atoms with Crippen molar-refractivity contribution in [3.8, 4) is 11.1 Å². The minimum Gasteiger partial charge on any atom is -0.0616 e. The molecule has 0 heteroatoms. The van der Waals surface area contributed by atoms with Gasteiger partial charge in [-0.2, -0.15) is 0 Å². The van der Waals surface area contributed by atoms with E-state index in [4.69, 9.17) is 0 Å². The monoisotopic (exact) mass is 422 g/mol. The zero-order valence-corrected chi connectivity index (χ0v) is 19.6. The van der Waals surface area contributed by atoms with E-state index in [0.717, 1.165) is 35.5 Å². The minimum atomic E-state index is 0.836. The summed E-state index contributed by atoms with van der Waals surface area (Å²) in [7, 11) is 0. The molecule has 4 atom stereocenters. The van der Waals surface area contributed by atoms with Gasteiger partial charge in [-0.25, -0.2) is 0 Å². The highest BCUT2D eigenvalue weighted by molar-refractivity contribution is 6.02. The Balaban J connectivity index is 1.38. The SMILES string of the molecule is c1ccc2c(c1)C(=C(C1CC3CCCCC3C1)C1CC3CCCCC3C1)c1ccccc1-2. The van der Waals surface area contributed by atoms with E-state index in [0.29, 0.717) is 0 Å². The molecular weight excluding hydrogens is 384 g/mol. The fourth-order valence-corrected chi connectivity index (χ4v) is 9.04. The smallest absolute Gasteiger partial charge is 0.00990 e. The van der Waals surface area contributed by atoms with Gasteiger partial charge in [0, 0.05) is 0 Å². The van der Waals surface area contributed by atoms with E-state index in [9.17, 15) is 0 Å². The van der Waals surface area contributed by atoms with Crippen molar-refractivity contribution in [3.05, 3.63) is 65.2 Å². The lowest BCUT2D eigenvalue weighted by molar-refractivity contribution is 0.277. The van der Waals surface area contributed by atoms with Crippen LogP contribution in [0, 0.1) is 35.5 Å². The standard InChI is InChI=1S/C32H38/c1-2-10-22-18-25(17-21(22)9-1)31(26-19-23-11-3-4-12-24(23)20-26)32-29-15-7-5-13-27(29)28-14-6-8-16-30(28)32/h5-8,13-16,21-26H,1-4,9-12,17-20H2. The molecule has 32 heavy (non-hydrogen) atoms. The maximum absolute atomic E-state index is 2.44. The van der Waals surface area contributed by atoms with Crippen LogP contribution in [0.25, 0.3) is 16.7 Å². The topological polar surface area (TPSA) is 0 Å². The maximum Gasteiger partial charge on any atom is -0.00990 e. The van der Waals surface area contributed by atoms with Crippen LogP contribution in [0.15, 0.2) is 54.1 Å². The average molecular weight is 423 g/mol. The maximum atomic E-state index is 2.44. The first kappa shape index (κ1) is 19.6. The lowest BCUT2D eigenvalue weighted by atomic mass is 9.78. The summed E-state index contributed by atoms with van der Waals surface area (Å²) < 4.78 is 0. The molecule has 4 fully saturated rings. The Morgan fingerprint density at radius 3 is 1.19 bits per heavy atom. The molecule has 0 spiro atoms. The number of allylic oxidation sites excluding steroid dienone is 1. The van der Waals surface area contributed by atoms with Gasteiger partial charge >= 0.3 is 0 Å². The van der Waals surface area contributed by atoms with Gasteiger partial charge in [-0.3, -0.25) is 0 Å². The van der Waals surface area contributed by atoms with Gasteiger partial charge in [-0.1, -0.05) is 105 Å². The molecule has 166 valence electrons. The quantitative estimate of drug-likeness (QED) is 0.387. The van der Waals surface area contributed by atoms with Crippen LogP contribution in [0.1, 0.15) is 88.2 Å². The summed E-state index contributed by atoms with van der Waals surface area (Å²) in [6.45, 7) is 0. The van der Waals surface area contributed by atoms with Crippen LogP contribution in [0.3, 0.4) is 0 Å². The highest BCUT2D eigenvalue weighted by atomic mass is 14.5. The van der Waals surface area contributed by atoms with Crippen LogP contribution in [0.4, 0.5) is 0 Å². The predicted molar refractivity (Wildman–Crippen MR) is 134 cm³/mol. The number of hydrogen-bond donors (Lipinski definition) is 0. The summed E-state index contributed by atoms with van der Waals surface area (Å²) in [5.74, 6) is 5.73. The molecule has 0 aliphatic heterocycles. The van der Waals surface area contributed by atoms with Crippen molar-refractivity contribution in [2.75, 3.05) is 0 Å². The second kappa shape index (κ2) is 7.89. The summed E-state index contributed by atoms with van der Waals surface area (Å²) in [4.78, 5) is 0. The molecular formula is C32H38. The Morgan fingerprint density at radius 1 is 0.469 bits per heavy atom. The van der Waals surface area contributed by atoms with Gasteiger partial charge < -0.3 is 0 Å². The predicted octanol–water partition coefficient (Wildman–Crippen LogP) is 8.90. The molecule has 0 N–H and O–H groups in total. The van der Waals surface area contributed by atoms with E-state index in [1.807, 2.05) is 5.57 Å². The fraction of sp³-hybridized carbons (Fsp3) is 0.562. The Labute approximate surface area is 194 Å². The van der Waals surface area contributed by atoms with Crippen LogP contribution in [-0.4, -0.2) is 0 Å². The van der Waals surface area contributed by atoms with Crippen LogP contribution >= 0.6 is 0 Å². The first-order chi connectivity index (χ1) is 15.9. The van der Waals surface area contributed by atoms with Gasteiger partial charge in [0.25, 0.3) is 0 Å². The third-order valence-corrected chi connectivity index (χ3v) is 10.3. The molecule has 5 aliphatic carbocycles. The van der Waals surface area contributed by atoms with Crippen molar-refractivity contribution in [2.24, 2.45) is 35.5 Å². The van der Waals surface area contributed by atoms with E-state index in [2.05, 4.69) is 48.5 Å². The van der Waals surface area contributed by atoms with Gasteiger partial charge in [0.15, 0.2) is 0 Å². The molecule has 2 aromatic carbocycles. The molecule has 0 aromatic heterocycles. The molecule has 7 rings (SSSR count).